The molecule has 3 heterocycles. The molecule has 0 fully saturated rings. The van der Waals surface area contributed by atoms with Crippen LogP contribution in [0.4, 0.5) is 17.2 Å². The van der Waals surface area contributed by atoms with E-state index in [1.807, 2.05) is 49.5 Å². The maximum Gasteiger partial charge on any atom is 0.128 e. The first-order valence-corrected chi connectivity index (χ1v) is 9.20. The molecule has 0 spiro atoms. The Hall–Kier alpha value is -2.47. The Morgan fingerprint density at radius 2 is 2.04 bits per heavy atom. The zero-order valence-corrected chi connectivity index (χ0v) is 15.2. The summed E-state index contributed by atoms with van der Waals surface area (Å²) in [6, 6.07) is 12.2. The van der Waals surface area contributed by atoms with Crippen molar-refractivity contribution in [1.82, 2.24) is 4.98 Å². The number of hydrogen-bond donors (Lipinski definition) is 1. The van der Waals surface area contributed by atoms with Gasteiger partial charge in [0, 0.05) is 49.4 Å². The van der Waals surface area contributed by atoms with Gasteiger partial charge >= 0.3 is 0 Å². The lowest BCUT2D eigenvalue weighted by molar-refractivity contribution is 0.925. The van der Waals surface area contributed by atoms with Crippen LogP contribution in [0.5, 0.6) is 0 Å². The second-order valence-electron chi connectivity index (χ2n) is 6.38. The molecule has 128 valence electrons. The third-order valence-corrected chi connectivity index (χ3v) is 5.62. The molecule has 1 atom stereocenters. The Bertz CT molecular complexity index is 841. The summed E-state index contributed by atoms with van der Waals surface area (Å²) < 4.78 is 0. The van der Waals surface area contributed by atoms with Crippen molar-refractivity contribution in [3.05, 3.63) is 59.3 Å². The van der Waals surface area contributed by atoms with Crippen molar-refractivity contribution in [2.24, 2.45) is 4.99 Å². The highest BCUT2D eigenvalue weighted by atomic mass is 32.2. The molecule has 2 aromatic rings. The number of rotatable bonds is 3. The molecule has 0 amide bonds. The number of thioether (sulfide) groups is 1. The van der Waals surface area contributed by atoms with E-state index in [2.05, 4.69) is 28.2 Å². The lowest BCUT2D eigenvalue weighted by Crippen LogP contribution is -2.25. The molecule has 0 saturated carbocycles. The predicted molar refractivity (Wildman–Crippen MR) is 107 cm³/mol. The molecule has 1 aromatic heterocycles. The third-order valence-electron chi connectivity index (χ3n) is 4.44. The van der Waals surface area contributed by atoms with Crippen LogP contribution in [0.2, 0.25) is 0 Å². The number of allylic oxidation sites excluding steroid dienone is 1. The lowest BCUT2D eigenvalue weighted by atomic mass is 10.1. The molecule has 1 unspecified atom stereocenters. The summed E-state index contributed by atoms with van der Waals surface area (Å²) in [5.41, 5.74) is 10.3. The van der Waals surface area contributed by atoms with Gasteiger partial charge in [0.05, 0.1) is 17.6 Å². The van der Waals surface area contributed by atoms with Gasteiger partial charge in [-0.15, -0.1) is 0 Å². The molecule has 6 heteroatoms. The molecule has 2 N–H and O–H groups in total. The number of benzene rings is 1. The Morgan fingerprint density at radius 1 is 1.20 bits per heavy atom. The van der Waals surface area contributed by atoms with Crippen molar-refractivity contribution in [2.75, 3.05) is 36.2 Å². The normalized spacial score (nSPS) is 19.3. The third kappa shape index (κ3) is 3.09. The highest BCUT2D eigenvalue weighted by Crippen LogP contribution is 2.46. The molecular formula is C19H21N5S. The fourth-order valence-corrected chi connectivity index (χ4v) is 4.27. The monoisotopic (exact) mass is 351 g/mol. The largest absolute Gasteiger partial charge is 0.398 e. The smallest absolute Gasteiger partial charge is 0.128 e. The van der Waals surface area contributed by atoms with Gasteiger partial charge in [0.2, 0.25) is 0 Å². The average molecular weight is 351 g/mol. The standard InChI is InChI=1S/C19H21N5S/c1-23(2)18-8-7-13(11-21-18)24-10-9-16-17(12-24)25-19(22-16)14-5-3-4-6-15(14)20/h3-8,11-12,19H,9-10,20H2,1-2H3. The van der Waals surface area contributed by atoms with Gasteiger partial charge in [-0.2, -0.15) is 0 Å². The van der Waals surface area contributed by atoms with Crippen LogP contribution in [0.3, 0.4) is 0 Å². The quantitative estimate of drug-likeness (QED) is 0.855. The molecule has 0 saturated heterocycles. The average Bonchev–Trinajstić information content (AvgIpc) is 3.05. The van der Waals surface area contributed by atoms with E-state index in [0.717, 1.165) is 35.7 Å². The first-order chi connectivity index (χ1) is 12.1. The highest BCUT2D eigenvalue weighted by Gasteiger charge is 2.29. The van der Waals surface area contributed by atoms with E-state index in [9.17, 15) is 0 Å². The van der Waals surface area contributed by atoms with Crippen LogP contribution in [0.15, 0.2) is 58.7 Å². The number of nitrogens with two attached hydrogens (primary N) is 1. The van der Waals surface area contributed by atoms with Crippen molar-refractivity contribution in [2.45, 2.75) is 11.8 Å². The summed E-state index contributed by atoms with van der Waals surface area (Å²) in [6.07, 6.45) is 5.07. The fraction of sp³-hybridized carbons (Fsp3) is 0.263. The molecule has 0 bridgehead atoms. The number of nitrogens with zero attached hydrogens (tertiary/aromatic N) is 4. The fourth-order valence-electron chi connectivity index (χ4n) is 3.03. The van der Waals surface area contributed by atoms with E-state index >= 15 is 0 Å². The van der Waals surface area contributed by atoms with Gasteiger partial charge in [-0.05, 0) is 18.2 Å². The van der Waals surface area contributed by atoms with Gasteiger partial charge in [0.25, 0.3) is 0 Å². The van der Waals surface area contributed by atoms with Crippen LogP contribution < -0.4 is 15.5 Å². The van der Waals surface area contributed by atoms with Crippen molar-refractivity contribution >= 4 is 34.7 Å². The number of para-hydroxylation sites is 1. The van der Waals surface area contributed by atoms with Crippen LogP contribution in [0, 0.1) is 0 Å². The molecule has 0 radical (unpaired) electrons. The molecule has 5 nitrogen and oxygen atoms in total. The molecule has 25 heavy (non-hydrogen) atoms. The number of aliphatic imine (C=N–C) groups is 1. The Balaban J connectivity index is 1.56. The Morgan fingerprint density at radius 3 is 2.76 bits per heavy atom. The highest BCUT2D eigenvalue weighted by molar-refractivity contribution is 8.04. The van der Waals surface area contributed by atoms with Crippen LogP contribution in [0.1, 0.15) is 17.4 Å². The minimum absolute atomic E-state index is 0.0663. The summed E-state index contributed by atoms with van der Waals surface area (Å²) >= 11 is 1.78. The van der Waals surface area contributed by atoms with Gasteiger partial charge in [0.15, 0.2) is 0 Å². The zero-order chi connectivity index (χ0) is 17.4. The number of fused-ring (bicyclic) bond motifs is 1. The SMILES string of the molecule is CN(C)c1ccc(N2C=C3SC(c4ccccc4N)N=C3CC2)cn1. The number of nitrogen functional groups attached to an aromatic ring is 1. The van der Waals surface area contributed by atoms with E-state index < -0.39 is 0 Å². The maximum absolute atomic E-state index is 6.12. The van der Waals surface area contributed by atoms with Crippen LogP contribution in [-0.2, 0) is 0 Å². The molecule has 2 aliphatic heterocycles. The van der Waals surface area contributed by atoms with Crippen LogP contribution in [-0.4, -0.2) is 31.3 Å². The summed E-state index contributed by atoms with van der Waals surface area (Å²) in [4.78, 5) is 14.9. The predicted octanol–water partition coefficient (Wildman–Crippen LogP) is 3.67. The van der Waals surface area contributed by atoms with E-state index in [4.69, 9.17) is 10.7 Å². The van der Waals surface area contributed by atoms with Crippen molar-refractivity contribution < 1.29 is 0 Å². The maximum atomic E-state index is 6.12. The summed E-state index contributed by atoms with van der Waals surface area (Å²) in [7, 11) is 4.00. The molecule has 1 aromatic carbocycles. The summed E-state index contributed by atoms with van der Waals surface area (Å²) in [5, 5.41) is 0.0663. The second kappa shape index (κ2) is 6.44. The summed E-state index contributed by atoms with van der Waals surface area (Å²) in [6.45, 7) is 0.920. The lowest BCUT2D eigenvalue weighted by Gasteiger charge is -2.25. The molecule has 2 aliphatic rings. The Labute approximate surface area is 152 Å². The minimum Gasteiger partial charge on any atom is -0.398 e. The first-order valence-electron chi connectivity index (χ1n) is 8.32. The number of anilines is 3. The van der Waals surface area contributed by atoms with E-state index in [0.29, 0.717) is 0 Å². The van der Waals surface area contributed by atoms with Crippen molar-refractivity contribution in [3.8, 4) is 0 Å². The van der Waals surface area contributed by atoms with Crippen molar-refractivity contribution in [3.63, 3.8) is 0 Å². The molecular weight excluding hydrogens is 330 g/mol. The van der Waals surface area contributed by atoms with E-state index in [1.165, 1.54) is 10.6 Å². The van der Waals surface area contributed by atoms with Gasteiger partial charge in [-0.1, -0.05) is 30.0 Å². The van der Waals surface area contributed by atoms with Gasteiger partial charge in [-0.3, -0.25) is 4.99 Å². The van der Waals surface area contributed by atoms with Gasteiger partial charge < -0.3 is 15.5 Å². The zero-order valence-electron chi connectivity index (χ0n) is 14.4. The topological polar surface area (TPSA) is 57.8 Å². The van der Waals surface area contributed by atoms with Gasteiger partial charge in [-0.25, -0.2) is 4.98 Å². The van der Waals surface area contributed by atoms with E-state index in [-0.39, 0.29) is 5.37 Å². The number of aromatic nitrogens is 1. The summed E-state index contributed by atoms with van der Waals surface area (Å²) in [5.74, 6) is 0.963. The minimum atomic E-state index is 0.0663. The van der Waals surface area contributed by atoms with Crippen molar-refractivity contribution in [1.29, 1.82) is 0 Å². The first kappa shape index (κ1) is 16.0. The van der Waals surface area contributed by atoms with Gasteiger partial charge in [0.1, 0.15) is 11.2 Å². The Kier molecular flexibility index (Phi) is 4.13. The number of hydrogen-bond acceptors (Lipinski definition) is 6. The van der Waals surface area contributed by atoms with E-state index in [1.54, 1.807) is 11.8 Å². The number of pyridine rings is 1. The van der Waals surface area contributed by atoms with Crippen LogP contribution >= 0.6 is 11.8 Å². The molecule has 0 aliphatic carbocycles. The molecule has 4 rings (SSSR count). The second-order valence-corrected chi connectivity index (χ2v) is 7.50. The van der Waals surface area contributed by atoms with Crippen LogP contribution in [0.25, 0.3) is 0 Å².